The molecule has 1 heterocycles. The van der Waals surface area contributed by atoms with E-state index in [2.05, 4.69) is 9.17 Å². The van der Waals surface area contributed by atoms with Gasteiger partial charge in [-0.3, -0.25) is 0 Å². The molecule has 1 rings (SSSR count). The highest BCUT2D eigenvalue weighted by atomic mass is 32.2. The van der Waals surface area contributed by atoms with Crippen molar-refractivity contribution in [2.24, 2.45) is 0 Å². The van der Waals surface area contributed by atoms with Crippen LogP contribution in [0.4, 0.5) is 0 Å². The Morgan fingerprint density at radius 2 is 2.31 bits per heavy atom. The molecule has 0 radical (unpaired) electrons. The summed E-state index contributed by atoms with van der Waals surface area (Å²) in [5.74, 6) is 0. The summed E-state index contributed by atoms with van der Waals surface area (Å²) < 4.78 is 26.6. The molecule has 0 aromatic carbocycles. The molecule has 5 nitrogen and oxygen atoms in total. The molecule has 0 fully saturated rings. The van der Waals surface area contributed by atoms with Crippen LogP contribution in [0, 0.1) is 11.3 Å². The number of hydrogen-bond donors (Lipinski definition) is 0. The minimum atomic E-state index is -3.86. The second kappa shape index (κ2) is 3.98. The lowest BCUT2D eigenvalue weighted by molar-refractivity contribution is 0.359. The summed E-state index contributed by atoms with van der Waals surface area (Å²) in [6.07, 6.45) is 1.34. The first-order valence-electron chi connectivity index (χ1n) is 3.34. The van der Waals surface area contributed by atoms with E-state index in [9.17, 15) is 8.42 Å². The molecule has 0 aliphatic rings. The number of rotatable bonds is 3. The Kier molecular flexibility index (Phi) is 2.95. The van der Waals surface area contributed by atoms with E-state index in [4.69, 9.17) is 5.26 Å². The van der Waals surface area contributed by atoms with E-state index in [0.29, 0.717) is 0 Å². The summed E-state index contributed by atoms with van der Waals surface area (Å²) in [5, 5.41) is 7.93. The molecular weight excluding hydrogens is 192 g/mol. The van der Waals surface area contributed by atoms with Crippen molar-refractivity contribution in [1.82, 2.24) is 4.98 Å². The van der Waals surface area contributed by atoms with Gasteiger partial charge in [-0.25, -0.2) is 9.17 Å². The molecular formula is C7H6N2O3S. The molecule has 0 unspecified atom stereocenters. The summed E-state index contributed by atoms with van der Waals surface area (Å²) in [6, 6.07) is 5.97. The van der Waals surface area contributed by atoms with Gasteiger partial charge in [0, 0.05) is 6.20 Å². The van der Waals surface area contributed by atoms with Gasteiger partial charge >= 0.3 is 10.1 Å². The Bertz CT molecular complexity index is 407. The van der Waals surface area contributed by atoms with E-state index >= 15 is 0 Å². The predicted molar refractivity (Wildman–Crippen MR) is 43.0 cm³/mol. The van der Waals surface area contributed by atoms with E-state index in [1.54, 1.807) is 12.1 Å². The molecule has 68 valence electrons. The van der Waals surface area contributed by atoms with Crippen LogP contribution in [0.25, 0.3) is 0 Å². The van der Waals surface area contributed by atoms with Crippen LogP contribution >= 0.6 is 0 Å². The largest absolute Gasteiger partial charge is 0.315 e. The van der Waals surface area contributed by atoms with E-state index in [0.717, 1.165) is 0 Å². The van der Waals surface area contributed by atoms with Crippen LogP contribution in [0.1, 0.15) is 0 Å². The molecule has 0 aliphatic carbocycles. The minimum Gasteiger partial charge on any atom is -0.250 e. The summed E-state index contributed by atoms with van der Waals surface area (Å²) in [6.45, 7) is -0.501. The molecule has 0 N–H and O–H groups in total. The minimum absolute atomic E-state index is 0.190. The van der Waals surface area contributed by atoms with E-state index in [1.165, 1.54) is 18.3 Å². The van der Waals surface area contributed by atoms with Gasteiger partial charge in [-0.05, 0) is 12.1 Å². The summed E-state index contributed by atoms with van der Waals surface area (Å²) in [4.78, 5) is 3.58. The van der Waals surface area contributed by atoms with Crippen molar-refractivity contribution in [3.05, 3.63) is 24.4 Å². The van der Waals surface area contributed by atoms with Gasteiger partial charge in [0.15, 0.2) is 11.6 Å². The Labute approximate surface area is 75.7 Å². The molecule has 1 aromatic heterocycles. The molecule has 0 atom stereocenters. The summed E-state index contributed by atoms with van der Waals surface area (Å²) in [5.41, 5.74) is 0. The average molecular weight is 198 g/mol. The van der Waals surface area contributed by atoms with Crippen molar-refractivity contribution in [3.63, 3.8) is 0 Å². The fraction of sp³-hybridized carbons (Fsp3) is 0.143. The lowest BCUT2D eigenvalue weighted by Gasteiger charge is -1.99. The van der Waals surface area contributed by atoms with E-state index < -0.39 is 16.7 Å². The zero-order chi connectivity index (χ0) is 9.73. The third kappa shape index (κ3) is 2.50. The van der Waals surface area contributed by atoms with Gasteiger partial charge in [0.2, 0.25) is 0 Å². The van der Waals surface area contributed by atoms with Crippen molar-refractivity contribution in [2.75, 3.05) is 6.61 Å². The molecule has 0 bridgehead atoms. The van der Waals surface area contributed by atoms with Crippen molar-refractivity contribution < 1.29 is 12.6 Å². The predicted octanol–water partition coefficient (Wildman–Crippen LogP) is 0.310. The normalized spacial score (nSPS) is 10.7. The highest BCUT2D eigenvalue weighted by Gasteiger charge is 2.15. The van der Waals surface area contributed by atoms with Gasteiger partial charge in [0.25, 0.3) is 0 Å². The molecule has 0 aliphatic heterocycles. The molecule has 0 saturated carbocycles. The van der Waals surface area contributed by atoms with Gasteiger partial charge < -0.3 is 0 Å². The molecule has 0 spiro atoms. The smallest absolute Gasteiger partial charge is 0.250 e. The second-order valence-corrected chi connectivity index (χ2v) is 3.60. The Morgan fingerprint density at radius 3 is 2.85 bits per heavy atom. The Hall–Kier alpha value is -1.45. The fourth-order valence-corrected chi connectivity index (χ4v) is 1.42. The highest BCUT2D eigenvalue weighted by Crippen LogP contribution is 2.06. The molecule has 13 heavy (non-hydrogen) atoms. The molecule has 0 amide bonds. The van der Waals surface area contributed by atoms with E-state index in [1.807, 2.05) is 0 Å². The Morgan fingerprint density at radius 1 is 1.54 bits per heavy atom. The van der Waals surface area contributed by atoms with Crippen molar-refractivity contribution in [3.8, 4) is 6.07 Å². The van der Waals surface area contributed by atoms with Gasteiger partial charge in [-0.15, -0.1) is 0 Å². The van der Waals surface area contributed by atoms with Crippen LogP contribution in [-0.4, -0.2) is 20.0 Å². The molecule has 1 aromatic rings. The van der Waals surface area contributed by atoms with Crippen molar-refractivity contribution >= 4 is 10.1 Å². The lowest BCUT2D eigenvalue weighted by atomic mass is 10.5. The van der Waals surface area contributed by atoms with Crippen LogP contribution in [0.3, 0.4) is 0 Å². The van der Waals surface area contributed by atoms with Gasteiger partial charge in [-0.2, -0.15) is 13.7 Å². The summed E-state index contributed by atoms with van der Waals surface area (Å²) >= 11 is 0. The lowest BCUT2D eigenvalue weighted by Crippen LogP contribution is -2.07. The number of pyridine rings is 1. The number of hydrogen-bond acceptors (Lipinski definition) is 5. The van der Waals surface area contributed by atoms with Crippen LogP contribution in [0.2, 0.25) is 0 Å². The maximum Gasteiger partial charge on any atom is 0.315 e. The monoisotopic (exact) mass is 198 g/mol. The van der Waals surface area contributed by atoms with Crippen molar-refractivity contribution in [1.29, 1.82) is 5.26 Å². The number of aromatic nitrogens is 1. The van der Waals surface area contributed by atoms with Crippen LogP contribution in [0.15, 0.2) is 29.4 Å². The third-order valence-electron chi connectivity index (χ3n) is 1.17. The Balaban J connectivity index is 2.90. The highest BCUT2D eigenvalue weighted by molar-refractivity contribution is 7.86. The third-order valence-corrected chi connectivity index (χ3v) is 2.35. The van der Waals surface area contributed by atoms with E-state index in [-0.39, 0.29) is 5.03 Å². The quantitative estimate of drug-likeness (QED) is 0.653. The maximum atomic E-state index is 11.2. The molecule has 0 saturated heterocycles. The topological polar surface area (TPSA) is 80.0 Å². The first-order chi connectivity index (χ1) is 6.17. The fourth-order valence-electron chi connectivity index (χ4n) is 0.659. The standard InChI is InChI=1S/C7H6N2O3S/c8-4-6-12-13(10,11)7-3-1-2-5-9-7/h1-3,5H,6H2. The van der Waals surface area contributed by atoms with Gasteiger partial charge in [0.05, 0.1) is 6.07 Å². The van der Waals surface area contributed by atoms with Crippen LogP contribution < -0.4 is 0 Å². The first-order valence-corrected chi connectivity index (χ1v) is 4.75. The van der Waals surface area contributed by atoms with Crippen molar-refractivity contribution in [2.45, 2.75) is 5.03 Å². The molecule has 6 heteroatoms. The zero-order valence-electron chi connectivity index (χ0n) is 6.54. The summed E-state index contributed by atoms with van der Waals surface area (Å²) in [7, 11) is -3.86. The second-order valence-electron chi connectivity index (χ2n) is 2.04. The van der Waals surface area contributed by atoms with Crippen LogP contribution in [0.5, 0.6) is 0 Å². The number of nitriles is 1. The van der Waals surface area contributed by atoms with Crippen LogP contribution in [-0.2, 0) is 14.3 Å². The zero-order valence-corrected chi connectivity index (χ0v) is 7.36. The maximum absolute atomic E-state index is 11.2. The average Bonchev–Trinajstić information content (AvgIpc) is 2.16. The van der Waals surface area contributed by atoms with Gasteiger partial charge in [0.1, 0.15) is 0 Å². The first kappa shape index (κ1) is 9.64. The SMILES string of the molecule is N#CCOS(=O)(=O)c1ccccn1. The van der Waals surface area contributed by atoms with Gasteiger partial charge in [-0.1, -0.05) is 6.07 Å². The number of nitrogens with zero attached hydrogens (tertiary/aromatic N) is 2.